The van der Waals surface area contributed by atoms with E-state index in [2.05, 4.69) is 10.1 Å². The third-order valence-electron chi connectivity index (χ3n) is 4.69. The Morgan fingerprint density at radius 1 is 1.13 bits per heavy atom. The maximum Gasteiger partial charge on any atom is 0.298 e. The molecule has 30 heavy (non-hydrogen) atoms. The highest BCUT2D eigenvalue weighted by atomic mass is 35.5. The van der Waals surface area contributed by atoms with Crippen LogP contribution in [-0.2, 0) is 0 Å². The number of nitrogens with two attached hydrogens (primary N) is 1. The van der Waals surface area contributed by atoms with E-state index < -0.39 is 5.56 Å². The van der Waals surface area contributed by atoms with Crippen molar-refractivity contribution in [3.63, 3.8) is 0 Å². The summed E-state index contributed by atoms with van der Waals surface area (Å²) >= 11 is 5.91. The lowest BCUT2D eigenvalue weighted by molar-refractivity contribution is 0.103. The number of anilines is 1. The number of aromatic nitrogens is 3. The van der Waals surface area contributed by atoms with Gasteiger partial charge in [0.2, 0.25) is 0 Å². The molecule has 0 bridgehead atoms. The van der Waals surface area contributed by atoms with Crippen molar-refractivity contribution in [2.45, 2.75) is 6.92 Å². The number of nitriles is 1. The van der Waals surface area contributed by atoms with E-state index in [0.717, 1.165) is 4.68 Å². The minimum Gasteiger partial charge on any atom is -0.397 e. The standard InChI is InChI=1S/C22H14ClN5O2/c1-12-17(21(29)13-5-3-2-4-6-13)19(25)18-16(11-24)27-28(22(30)20(18)26-12)15-9-7-14(23)8-10-15/h2-10H,1H3,(H2,25,26). The number of hydrogen-bond donors (Lipinski definition) is 1. The Kier molecular flexibility index (Phi) is 4.78. The highest BCUT2D eigenvalue weighted by Crippen LogP contribution is 2.28. The summed E-state index contributed by atoms with van der Waals surface area (Å²) in [6.45, 7) is 1.60. The van der Waals surface area contributed by atoms with Crippen LogP contribution in [-0.4, -0.2) is 20.5 Å². The molecule has 0 aliphatic carbocycles. The van der Waals surface area contributed by atoms with E-state index in [1.54, 1.807) is 61.5 Å². The van der Waals surface area contributed by atoms with Crippen molar-refractivity contribution in [1.82, 2.24) is 14.8 Å². The molecular formula is C22H14ClN5O2. The summed E-state index contributed by atoms with van der Waals surface area (Å²) in [7, 11) is 0. The number of nitrogens with zero attached hydrogens (tertiary/aromatic N) is 4. The molecule has 0 fully saturated rings. The summed E-state index contributed by atoms with van der Waals surface area (Å²) in [5.74, 6) is -0.342. The van der Waals surface area contributed by atoms with Gasteiger partial charge < -0.3 is 5.73 Å². The molecule has 0 atom stereocenters. The van der Waals surface area contributed by atoms with Gasteiger partial charge in [0.15, 0.2) is 11.5 Å². The smallest absolute Gasteiger partial charge is 0.298 e. The van der Waals surface area contributed by atoms with Gasteiger partial charge in [-0.3, -0.25) is 9.59 Å². The monoisotopic (exact) mass is 415 g/mol. The molecule has 0 aliphatic rings. The summed E-state index contributed by atoms with van der Waals surface area (Å²) in [4.78, 5) is 30.5. The Hall–Kier alpha value is -4.02. The fourth-order valence-corrected chi connectivity index (χ4v) is 3.40. The summed E-state index contributed by atoms with van der Waals surface area (Å²) in [5.41, 5.74) is 6.90. The summed E-state index contributed by atoms with van der Waals surface area (Å²) in [6.07, 6.45) is 0. The van der Waals surface area contributed by atoms with E-state index in [0.29, 0.717) is 22.0 Å². The topological polar surface area (TPSA) is 115 Å². The molecule has 0 saturated carbocycles. The molecule has 0 saturated heterocycles. The fourth-order valence-electron chi connectivity index (χ4n) is 3.27. The molecule has 8 heteroatoms. The van der Waals surface area contributed by atoms with Gasteiger partial charge in [-0.15, -0.1) is 0 Å². The van der Waals surface area contributed by atoms with Gasteiger partial charge >= 0.3 is 0 Å². The normalized spacial score (nSPS) is 10.7. The van der Waals surface area contributed by atoms with Gasteiger partial charge in [0, 0.05) is 10.6 Å². The maximum absolute atomic E-state index is 13.1. The van der Waals surface area contributed by atoms with E-state index in [-0.39, 0.29) is 33.6 Å². The third-order valence-corrected chi connectivity index (χ3v) is 4.94. The number of carbonyl (C=O) groups is 1. The minimum atomic E-state index is -0.556. The number of carbonyl (C=O) groups excluding carboxylic acids is 1. The molecule has 4 rings (SSSR count). The van der Waals surface area contributed by atoms with Crippen LogP contribution in [0.3, 0.4) is 0 Å². The van der Waals surface area contributed by atoms with Crippen molar-refractivity contribution in [2.75, 3.05) is 5.73 Å². The summed E-state index contributed by atoms with van der Waals surface area (Å²) in [6, 6.07) is 17.0. The van der Waals surface area contributed by atoms with Crippen LogP contribution in [0.1, 0.15) is 27.3 Å². The average Bonchev–Trinajstić information content (AvgIpc) is 2.75. The van der Waals surface area contributed by atoms with Gasteiger partial charge in [-0.1, -0.05) is 41.9 Å². The van der Waals surface area contributed by atoms with Crippen LogP contribution >= 0.6 is 11.6 Å². The van der Waals surface area contributed by atoms with Gasteiger partial charge in [-0.05, 0) is 31.2 Å². The molecule has 146 valence electrons. The van der Waals surface area contributed by atoms with Crippen molar-refractivity contribution in [2.24, 2.45) is 0 Å². The first-order valence-electron chi connectivity index (χ1n) is 8.91. The number of nitrogen functional groups attached to an aromatic ring is 1. The fraction of sp³-hybridized carbons (Fsp3) is 0.0455. The number of rotatable bonds is 3. The number of halogens is 1. The zero-order valence-corrected chi connectivity index (χ0v) is 16.5. The van der Waals surface area contributed by atoms with E-state index in [1.165, 1.54) is 0 Å². The molecule has 2 heterocycles. The molecule has 4 aromatic rings. The largest absolute Gasteiger partial charge is 0.397 e. The minimum absolute atomic E-state index is 0.00996. The van der Waals surface area contributed by atoms with E-state index in [1.807, 2.05) is 6.07 Å². The quantitative estimate of drug-likeness (QED) is 0.512. The SMILES string of the molecule is Cc1nc2c(=O)n(-c3ccc(Cl)cc3)nc(C#N)c2c(N)c1C(=O)c1ccccc1. The Morgan fingerprint density at radius 2 is 1.80 bits per heavy atom. The first kappa shape index (κ1) is 19.3. The molecule has 0 spiro atoms. The number of ketones is 1. The second-order valence-corrected chi connectivity index (χ2v) is 6.99. The molecule has 0 aliphatic heterocycles. The third kappa shape index (κ3) is 3.09. The van der Waals surface area contributed by atoms with Crippen molar-refractivity contribution in [1.29, 1.82) is 5.26 Å². The van der Waals surface area contributed by atoms with Crippen LogP contribution in [0.5, 0.6) is 0 Å². The van der Waals surface area contributed by atoms with E-state index in [4.69, 9.17) is 17.3 Å². The van der Waals surface area contributed by atoms with Gasteiger partial charge in [0.1, 0.15) is 11.6 Å². The number of benzene rings is 2. The number of fused-ring (bicyclic) bond motifs is 1. The zero-order valence-electron chi connectivity index (χ0n) is 15.8. The predicted molar refractivity (Wildman–Crippen MR) is 114 cm³/mol. The van der Waals surface area contributed by atoms with Crippen LogP contribution in [0.25, 0.3) is 16.6 Å². The Labute approximate surface area is 176 Å². The van der Waals surface area contributed by atoms with Crippen molar-refractivity contribution < 1.29 is 4.79 Å². The maximum atomic E-state index is 13.1. The lowest BCUT2D eigenvalue weighted by atomic mass is 9.98. The Bertz CT molecular complexity index is 1400. The molecule has 0 radical (unpaired) electrons. The molecule has 2 aromatic carbocycles. The van der Waals surface area contributed by atoms with Crippen molar-refractivity contribution >= 4 is 34.0 Å². The van der Waals surface area contributed by atoms with Crippen molar-refractivity contribution in [3.05, 3.63) is 92.5 Å². The van der Waals surface area contributed by atoms with Crippen LogP contribution in [0.15, 0.2) is 59.4 Å². The highest BCUT2D eigenvalue weighted by Gasteiger charge is 2.23. The number of pyridine rings is 1. The zero-order chi connectivity index (χ0) is 21.4. The summed E-state index contributed by atoms with van der Waals surface area (Å²) in [5, 5.41) is 14.4. The number of aryl methyl sites for hydroxylation is 1. The lowest BCUT2D eigenvalue weighted by Gasteiger charge is -2.13. The van der Waals surface area contributed by atoms with Crippen LogP contribution in [0.4, 0.5) is 5.69 Å². The molecule has 2 aromatic heterocycles. The van der Waals surface area contributed by atoms with Crippen LogP contribution in [0, 0.1) is 18.3 Å². The Morgan fingerprint density at radius 3 is 2.43 bits per heavy atom. The van der Waals surface area contributed by atoms with Gasteiger partial charge in [0.25, 0.3) is 5.56 Å². The highest BCUT2D eigenvalue weighted by molar-refractivity contribution is 6.30. The molecule has 2 N–H and O–H groups in total. The first-order valence-corrected chi connectivity index (χ1v) is 9.29. The van der Waals surface area contributed by atoms with E-state index in [9.17, 15) is 14.9 Å². The second kappa shape index (κ2) is 7.43. The van der Waals surface area contributed by atoms with Gasteiger partial charge in [-0.25, -0.2) is 4.98 Å². The molecule has 0 amide bonds. The average molecular weight is 416 g/mol. The first-order chi connectivity index (χ1) is 14.4. The molecular weight excluding hydrogens is 402 g/mol. The predicted octanol–water partition coefficient (Wildman–Crippen LogP) is 3.43. The Balaban J connectivity index is 2.02. The van der Waals surface area contributed by atoms with Gasteiger partial charge in [0.05, 0.1) is 28.0 Å². The van der Waals surface area contributed by atoms with Crippen LogP contribution in [0.2, 0.25) is 5.02 Å². The molecule has 7 nitrogen and oxygen atoms in total. The summed E-state index contributed by atoms with van der Waals surface area (Å²) < 4.78 is 1.07. The molecule has 0 unspecified atom stereocenters. The van der Waals surface area contributed by atoms with Crippen LogP contribution < -0.4 is 11.3 Å². The van der Waals surface area contributed by atoms with Gasteiger partial charge in [-0.2, -0.15) is 15.0 Å². The lowest BCUT2D eigenvalue weighted by Crippen LogP contribution is -2.25. The second-order valence-electron chi connectivity index (χ2n) is 6.56. The van der Waals surface area contributed by atoms with Crippen molar-refractivity contribution in [3.8, 4) is 11.8 Å². The van der Waals surface area contributed by atoms with E-state index >= 15 is 0 Å². The number of hydrogen-bond acceptors (Lipinski definition) is 6.